The van der Waals surface area contributed by atoms with Crippen LogP contribution >= 0.6 is 23.2 Å². The Morgan fingerprint density at radius 2 is 1.83 bits per heavy atom. The van der Waals surface area contributed by atoms with Crippen LogP contribution in [0.25, 0.3) is 11.0 Å². The maximum atomic E-state index is 11.9. The normalized spacial score (nSPS) is 12.3. The maximum Gasteiger partial charge on any atom is 0.244 e. The molecule has 1 heterocycles. The summed E-state index contributed by atoms with van der Waals surface area (Å²) in [6.07, 6.45) is 1.22. The molecular weight excluding hydrogens is 339 g/mol. The van der Waals surface area contributed by atoms with Gasteiger partial charge in [-0.15, -0.1) is 0 Å². The van der Waals surface area contributed by atoms with Crippen LogP contribution in [0.3, 0.4) is 0 Å². The van der Waals surface area contributed by atoms with Crippen molar-refractivity contribution in [3.05, 3.63) is 58.3 Å². The molecule has 23 heavy (non-hydrogen) atoms. The van der Waals surface area contributed by atoms with Crippen molar-refractivity contribution < 1.29 is 14.3 Å². The number of carbonyl (C=O) groups excluding carboxylic acids is 1. The van der Waals surface area contributed by atoms with Gasteiger partial charge in [0, 0.05) is 21.3 Å². The minimum Gasteiger partial charge on any atom is -0.504 e. The van der Waals surface area contributed by atoms with Crippen LogP contribution in [0.15, 0.2) is 47.1 Å². The molecule has 0 fully saturated rings. The summed E-state index contributed by atoms with van der Waals surface area (Å²) in [5.41, 5.74) is 6.84. The van der Waals surface area contributed by atoms with E-state index in [2.05, 4.69) is 5.32 Å². The van der Waals surface area contributed by atoms with Gasteiger partial charge in [-0.05, 0) is 24.3 Å². The van der Waals surface area contributed by atoms with Crippen LogP contribution < -0.4 is 11.1 Å². The van der Waals surface area contributed by atoms with Gasteiger partial charge in [-0.3, -0.25) is 4.79 Å². The summed E-state index contributed by atoms with van der Waals surface area (Å²) in [6.45, 7) is 0. The number of hydrogen-bond donors (Lipinski definition) is 3. The monoisotopic (exact) mass is 350 g/mol. The van der Waals surface area contributed by atoms with Crippen molar-refractivity contribution >= 4 is 45.8 Å². The van der Waals surface area contributed by atoms with Gasteiger partial charge in [0.05, 0.1) is 5.39 Å². The van der Waals surface area contributed by atoms with Crippen LogP contribution in [0.1, 0.15) is 11.6 Å². The Labute approximate surface area is 141 Å². The summed E-state index contributed by atoms with van der Waals surface area (Å²) in [5, 5.41) is 14.0. The van der Waals surface area contributed by atoms with Crippen molar-refractivity contribution in [3.8, 4) is 5.75 Å². The molecule has 118 valence electrons. The van der Waals surface area contributed by atoms with Gasteiger partial charge < -0.3 is 20.6 Å². The third kappa shape index (κ3) is 2.81. The molecule has 0 saturated carbocycles. The summed E-state index contributed by atoms with van der Waals surface area (Å²) in [5.74, 6) is -0.698. The van der Waals surface area contributed by atoms with Crippen LogP contribution in [0, 0.1) is 0 Å². The Morgan fingerprint density at radius 1 is 1.17 bits per heavy atom. The number of nitrogens with one attached hydrogen (secondary N) is 1. The van der Waals surface area contributed by atoms with Crippen molar-refractivity contribution in [2.24, 2.45) is 5.73 Å². The van der Waals surface area contributed by atoms with Gasteiger partial charge in [0.15, 0.2) is 5.75 Å². The maximum absolute atomic E-state index is 11.9. The van der Waals surface area contributed by atoms with E-state index in [4.69, 9.17) is 33.4 Å². The number of fused-ring (bicyclic) bond motifs is 1. The first-order valence-corrected chi connectivity index (χ1v) is 7.43. The standard InChI is InChI=1S/C16H12Cl2N2O3/c17-8-3-1-4-9(18)13(8)15(16(19)22)20-10-5-2-6-12-14(10)11(21)7-23-12/h1-7,15,20-21H,(H2,19,22). The summed E-state index contributed by atoms with van der Waals surface area (Å²) >= 11 is 12.3. The smallest absolute Gasteiger partial charge is 0.244 e. The molecule has 0 aliphatic rings. The fourth-order valence-corrected chi connectivity index (χ4v) is 3.04. The van der Waals surface area contributed by atoms with E-state index < -0.39 is 11.9 Å². The molecule has 2 aromatic carbocycles. The number of amides is 1. The lowest BCUT2D eigenvalue weighted by Gasteiger charge is -2.20. The van der Waals surface area contributed by atoms with Crippen LogP contribution in [-0.4, -0.2) is 11.0 Å². The number of primary amides is 1. The molecule has 0 aliphatic heterocycles. The topological polar surface area (TPSA) is 88.5 Å². The Hall–Kier alpha value is -2.37. The molecular formula is C16H12Cl2N2O3. The van der Waals surface area contributed by atoms with Crippen LogP contribution in [-0.2, 0) is 4.79 Å². The second-order valence-corrected chi connectivity index (χ2v) is 5.73. The summed E-state index contributed by atoms with van der Waals surface area (Å²) < 4.78 is 5.23. The zero-order chi connectivity index (χ0) is 16.6. The molecule has 1 amide bonds. The highest BCUT2D eigenvalue weighted by atomic mass is 35.5. The number of furan rings is 1. The molecule has 0 radical (unpaired) electrons. The lowest BCUT2D eigenvalue weighted by molar-refractivity contribution is -0.118. The van der Waals surface area contributed by atoms with Crippen molar-refractivity contribution in [1.82, 2.24) is 0 Å². The predicted molar refractivity (Wildman–Crippen MR) is 89.9 cm³/mol. The van der Waals surface area contributed by atoms with E-state index >= 15 is 0 Å². The van der Waals surface area contributed by atoms with Gasteiger partial charge in [-0.25, -0.2) is 0 Å². The van der Waals surface area contributed by atoms with Crippen LogP contribution in [0.4, 0.5) is 5.69 Å². The van der Waals surface area contributed by atoms with Crippen molar-refractivity contribution in [3.63, 3.8) is 0 Å². The highest BCUT2D eigenvalue weighted by Crippen LogP contribution is 2.37. The van der Waals surface area contributed by atoms with Crippen LogP contribution in [0.5, 0.6) is 5.75 Å². The first-order chi connectivity index (χ1) is 11.0. The molecule has 1 aromatic heterocycles. The highest BCUT2D eigenvalue weighted by molar-refractivity contribution is 6.36. The molecule has 1 unspecified atom stereocenters. The summed E-state index contributed by atoms with van der Waals surface area (Å²) in [6, 6.07) is 9.07. The van der Waals surface area contributed by atoms with Gasteiger partial charge >= 0.3 is 0 Å². The molecule has 0 bridgehead atoms. The zero-order valence-corrected chi connectivity index (χ0v) is 13.2. The van der Waals surface area contributed by atoms with E-state index in [0.29, 0.717) is 32.3 Å². The van der Waals surface area contributed by atoms with E-state index in [1.165, 1.54) is 6.26 Å². The average Bonchev–Trinajstić information content (AvgIpc) is 2.88. The van der Waals surface area contributed by atoms with E-state index in [9.17, 15) is 9.90 Å². The molecule has 0 spiro atoms. The first kappa shape index (κ1) is 15.5. The number of anilines is 1. The van der Waals surface area contributed by atoms with Crippen LogP contribution in [0.2, 0.25) is 10.0 Å². The van der Waals surface area contributed by atoms with Gasteiger partial charge in [-0.2, -0.15) is 0 Å². The SMILES string of the molecule is NC(=O)C(Nc1cccc2occ(O)c12)c1c(Cl)cccc1Cl. The Kier molecular flexibility index (Phi) is 4.07. The third-order valence-electron chi connectivity index (χ3n) is 3.45. The molecule has 0 saturated heterocycles. The number of benzene rings is 2. The quantitative estimate of drug-likeness (QED) is 0.661. The molecule has 1 atom stereocenters. The summed E-state index contributed by atoms with van der Waals surface area (Å²) in [7, 11) is 0. The van der Waals surface area contributed by atoms with Crippen molar-refractivity contribution in [1.29, 1.82) is 0 Å². The number of hydrogen-bond acceptors (Lipinski definition) is 4. The van der Waals surface area contributed by atoms with Gasteiger partial charge in [0.25, 0.3) is 0 Å². The summed E-state index contributed by atoms with van der Waals surface area (Å²) in [4.78, 5) is 11.9. The number of halogens is 2. The molecule has 0 aliphatic carbocycles. The minimum absolute atomic E-state index is 0.0448. The predicted octanol–water partition coefficient (Wildman–Crippen LogP) is 4.08. The largest absolute Gasteiger partial charge is 0.504 e. The molecule has 5 nitrogen and oxygen atoms in total. The van der Waals surface area contributed by atoms with Gasteiger partial charge in [0.1, 0.15) is 17.9 Å². The van der Waals surface area contributed by atoms with E-state index in [-0.39, 0.29) is 5.75 Å². The lowest BCUT2D eigenvalue weighted by Crippen LogP contribution is -2.28. The van der Waals surface area contributed by atoms with E-state index in [0.717, 1.165) is 0 Å². The number of carbonyl (C=O) groups is 1. The average molecular weight is 351 g/mol. The van der Waals surface area contributed by atoms with Gasteiger partial charge in [0.2, 0.25) is 5.91 Å². The van der Waals surface area contributed by atoms with Crippen molar-refractivity contribution in [2.75, 3.05) is 5.32 Å². The molecule has 4 N–H and O–H groups in total. The zero-order valence-electron chi connectivity index (χ0n) is 11.7. The second-order valence-electron chi connectivity index (χ2n) is 4.91. The van der Waals surface area contributed by atoms with Crippen molar-refractivity contribution in [2.45, 2.75) is 6.04 Å². The Morgan fingerprint density at radius 3 is 2.48 bits per heavy atom. The fraction of sp³-hybridized carbons (Fsp3) is 0.0625. The number of aromatic hydroxyl groups is 1. The van der Waals surface area contributed by atoms with E-state index in [1.54, 1.807) is 36.4 Å². The first-order valence-electron chi connectivity index (χ1n) is 6.68. The second kappa shape index (κ2) is 6.02. The Balaban J connectivity index is 2.10. The highest BCUT2D eigenvalue weighted by Gasteiger charge is 2.24. The molecule has 3 rings (SSSR count). The van der Waals surface area contributed by atoms with Gasteiger partial charge in [-0.1, -0.05) is 35.3 Å². The fourth-order valence-electron chi connectivity index (χ4n) is 2.42. The van der Waals surface area contributed by atoms with E-state index in [1.807, 2.05) is 0 Å². The molecule has 7 heteroatoms. The Bertz CT molecular complexity index is 872. The molecule has 3 aromatic rings. The third-order valence-corrected chi connectivity index (χ3v) is 4.11. The lowest BCUT2D eigenvalue weighted by atomic mass is 10.0. The minimum atomic E-state index is -0.962. The number of nitrogens with two attached hydrogens (primary N) is 1. The number of rotatable bonds is 4.